The van der Waals surface area contributed by atoms with Crippen LogP contribution in [0.5, 0.6) is 5.88 Å². The van der Waals surface area contributed by atoms with Gasteiger partial charge in [-0.3, -0.25) is 0 Å². The molecule has 3 rings (SSSR count). The maximum atomic E-state index is 5.79. The van der Waals surface area contributed by atoms with Crippen LogP contribution < -0.4 is 4.74 Å². The average Bonchev–Trinajstić information content (AvgIpc) is 2.35. The molecule has 0 spiro atoms. The van der Waals surface area contributed by atoms with Gasteiger partial charge in [0.1, 0.15) is 6.10 Å². The summed E-state index contributed by atoms with van der Waals surface area (Å²) >= 11 is 0. The Morgan fingerprint density at radius 1 is 1.12 bits per heavy atom. The van der Waals surface area contributed by atoms with E-state index in [4.69, 9.17) is 4.74 Å². The summed E-state index contributed by atoms with van der Waals surface area (Å²) in [6, 6.07) is 16.7. The highest BCUT2D eigenvalue weighted by Crippen LogP contribution is 2.25. The van der Waals surface area contributed by atoms with Gasteiger partial charge in [-0.25, -0.2) is 4.98 Å². The van der Waals surface area contributed by atoms with E-state index < -0.39 is 0 Å². The zero-order valence-electron chi connectivity index (χ0n) is 9.60. The number of nitrogens with zero attached hydrogens (tertiary/aromatic N) is 1. The maximum absolute atomic E-state index is 5.79. The van der Waals surface area contributed by atoms with Crippen molar-refractivity contribution in [3.05, 3.63) is 48.5 Å². The molecule has 85 valence electrons. The van der Waals surface area contributed by atoms with Crippen LogP contribution in [0, 0.1) is 6.07 Å². The number of ether oxygens (including phenoxy) is 1. The predicted octanol–water partition coefficient (Wildman–Crippen LogP) is 3.48. The molecule has 0 amide bonds. The van der Waals surface area contributed by atoms with E-state index in [9.17, 15) is 0 Å². The van der Waals surface area contributed by atoms with Crippen LogP contribution in [0.2, 0.25) is 0 Å². The molecule has 1 heterocycles. The lowest BCUT2D eigenvalue weighted by Crippen LogP contribution is -2.24. The molecular weight excluding hydrogens is 210 g/mol. The third-order valence-electron chi connectivity index (χ3n) is 3.08. The monoisotopic (exact) mass is 224 g/mol. The zero-order chi connectivity index (χ0) is 11.5. The van der Waals surface area contributed by atoms with Crippen molar-refractivity contribution in [1.29, 1.82) is 0 Å². The van der Waals surface area contributed by atoms with E-state index in [1.807, 2.05) is 42.5 Å². The summed E-state index contributed by atoms with van der Waals surface area (Å²) in [6.45, 7) is 0. The van der Waals surface area contributed by atoms with Gasteiger partial charge in [-0.15, -0.1) is 0 Å². The van der Waals surface area contributed by atoms with E-state index >= 15 is 0 Å². The summed E-state index contributed by atoms with van der Waals surface area (Å²) < 4.78 is 5.79. The van der Waals surface area contributed by atoms with Crippen LogP contribution >= 0.6 is 0 Å². The Morgan fingerprint density at radius 3 is 2.65 bits per heavy atom. The van der Waals surface area contributed by atoms with Crippen molar-refractivity contribution in [3.63, 3.8) is 0 Å². The maximum Gasteiger partial charge on any atom is 0.214 e. The van der Waals surface area contributed by atoms with Crippen molar-refractivity contribution < 1.29 is 4.74 Å². The van der Waals surface area contributed by atoms with Gasteiger partial charge in [0.15, 0.2) is 0 Å². The summed E-state index contributed by atoms with van der Waals surface area (Å²) in [7, 11) is 0. The van der Waals surface area contributed by atoms with Gasteiger partial charge < -0.3 is 4.74 Å². The Balaban J connectivity index is 1.83. The highest BCUT2D eigenvalue weighted by molar-refractivity contribution is 5.59. The fourth-order valence-corrected chi connectivity index (χ4v) is 1.86. The summed E-state index contributed by atoms with van der Waals surface area (Å²) in [5, 5.41) is 0. The molecule has 0 bridgehead atoms. The molecule has 1 aromatic carbocycles. The lowest BCUT2D eigenvalue weighted by Gasteiger charge is -2.25. The lowest BCUT2D eigenvalue weighted by atomic mass is 9.96. The minimum atomic E-state index is 0.377. The lowest BCUT2D eigenvalue weighted by molar-refractivity contribution is 0.115. The highest BCUT2D eigenvalue weighted by atomic mass is 16.5. The number of hydrogen-bond acceptors (Lipinski definition) is 2. The molecule has 1 aromatic heterocycles. The Kier molecular flexibility index (Phi) is 2.78. The van der Waals surface area contributed by atoms with Crippen LogP contribution in [0.3, 0.4) is 0 Å². The number of rotatable bonds is 3. The van der Waals surface area contributed by atoms with Crippen LogP contribution in [0.1, 0.15) is 19.3 Å². The van der Waals surface area contributed by atoms with Crippen molar-refractivity contribution in [2.75, 3.05) is 0 Å². The van der Waals surface area contributed by atoms with E-state index in [1.165, 1.54) is 6.42 Å². The molecule has 1 aliphatic carbocycles. The first-order chi connectivity index (χ1) is 8.42. The summed E-state index contributed by atoms with van der Waals surface area (Å²) in [4.78, 5) is 4.53. The molecule has 0 N–H and O–H groups in total. The minimum Gasteiger partial charge on any atom is -0.474 e. The largest absolute Gasteiger partial charge is 0.474 e. The molecule has 0 saturated heterocycles. The fraction of sp³-hybridized carbons (Fsp3) is 0.267. The molecule has 17 heavy (non-hydrogen) atoms. The van der Waals surface area contributed by atoms with Gasteiger partial charge in [0.25, 0.3) is 0 Å². The van der Waals surface area contributed by atoms with Crippen molar-refractivity contribution in [2.45, 2.75) is 25.4 Å². The molecule has 1 saturated carbocycles. The SMILES string of the molecule is [c]1ccc(-c2cccc(OC3CCC3)n2)cc1. The third kappa shape index (κ3) is 2.31. The van der Waals surface area contributed by atoms with E-state index in [1.54, 1.807) is 0 Å². The first kappa shape index (κ1) is 10.3. The van der Waals surface area contributed by atoms with E-state index in [0.29, 0.717) is 6.10 Å². The van der Waals surface area contributed by atoms with Crippen LogP contribution in [0.4, 0.5) is 0 Å². The van der Waals surface area contributed by atoms with Crippen molar-refractivity contribution in [2.24, 2.45) is 0 Å². The molecule has 0 aliphatic heterocycles. The molecule has 0 unspecified atom stereocenters. The van der Waals surface area contributed by atoms with Crippen molar-refractivity contribution in [3.8, 4) is 17.1 Å². The van der Waals surface area contributed by atoms with E-state index in [2.05, 4.69) is 11.1 Å². The molecule has 2 heteroatoms. The second kappa shape index (κ2) is 4.58. The third-order valence-corrected chi connectivity index (χ3v) is 3.08. The Bertz CT molecular complexity index is 491. The van der Waals surface area contributed by atoms with Crippen molar-refractivity contribution in [1.82, 2.24) is 4.98 Å². The normalized spacial score (nSPS) is 15.3. The van der Waals surface area contributed by atoms with Gasteiger partial charge in [-0.1, -0.05) is 30.3 Å². The molecule has 1 fully saturated rings. The van der Waals surface area contributed by atoms with Gasteiger partial charge in [0.2, 0.25) is 5.88 Å². The van der Waals surface area contributed by atoms with Gasteiger partial charge in [-0.05, 0) is 31.4 Å². The molecule has 0 atom stereocenters. The van der Waals surface area contributed by atoms with Crippen LogP contribution in [-0.4, -0.2) is 11.1 Å². The van der Waals surface area contributed by atoms with E-state index in [-0.39, 0.29) is 0 Å². The quantitative estimate of drug-likeness (QED) is 0.796. The molecule has 1 aliphatic rings. The first-order valence-electron chi connectivity index (χ1n) is 6.02. The number of pyridine rings is 1. The fourth-order valence-electron chi connectivity index (χ4n) is 1.86. The second-order valence-electron chi connectivity index (χ2n) is 4.32. The van der Waals surface area contributed by atoms with Gasteiger partial charge in [0, 0.05) is 11.6 Å². The Hall–Kier alpha value is -1.83. The smallest absolute Gasteiger partial charge is 0.214 e. The average molecular weight is 224 g/mol. The van der Waals surface area contributed by atoms with Crippen LogP contribution in [0.15, 0.2) is 42.5 Å². The Morgan fingerprint density at radius 2 is 1.94 bits per heavy atom. The summed E-state index contributed by atoms with van der Waals surface area (Å²) in [5.41, 5.74) is 2.05. The van der Waals surface area contributed by atoms with Gasteiger partial charge in [-0.2, -0.15) is 0 Å². The number of hydrogen-bond donors (Lipinski definition) is 0. The van der Waals surface area contributed by atoms with E-state index in [0.717, 1.165) is 30.0 Å². The summed E-state index contributed by atoms with van der Waals surface area (Å²) in [5.74, 6) is 0.736. The molecule has 2 nitrogen and oxygen atoms in total. The second-order valence-corrected chi connectivity index (χ2v) is 4.32. The first-order valence-corrected chi connectivity index (χ1v) is 6.02. The van der Waals surface area contributed by atoms with Crippen molar-refractivity contribution >= 4 is 0 Å². The molecular formula is C15H14NO. The van der Waals surface area contributed by atoms with Gasteiger partial charge in [0.05, 0.1) is 5.69 Å². The zero-order valence-corrected chi connectivity index (χ0v) is 9.60. The summed E-state index contributed by atoms with van der Waals surface area (Å²) in [6.07, 6.45) is 3.97. The minimum absolute atomic E-state index is 0.377. The van der Waals surface area contributed by atoms with Crippen LogP contribution in [-0.2, 0) is 0 Å². The Labute approximate surface area is 101 Å². The number of benzene rings is 1. The van der Waals surface area contributed by atoms with Crippen LogP contribution in [0.25, 0.3) is 11.3 Å². The molecule has 1 radical (unpaired) electrons. The predicted molar refractivity (Wildman–Crippen MR) is 66.8 cm³/mol. The number of aromatic nitrogens is 1. The highest BCUT2D eigenvalue weighted by Gasteiger charge is 2.19. The topological polar surface area (TPSA) is 22.1 Å². The standard InChI is InChI=1S/C15H14NO/c1-2-6-12(7-3-1)14-10-5-11-15(16-14)17-13-8-4-9-13/h2-3,5-7,10-11,13H,4,8-9H2. The molecule has 2 aromatic rings. The van der Waals surface area contributed by atoms with Gasteiger partial charge >= 0.3 is 0 Å².